The summed E-state index contributed by atoms with van der Waals surface area (Å²) in [5, 5.41) is 6.03. The topological polar surface area (TPSA) is 17.1 Å². The Hall–Kier alpha value is -0.930. The van der Waals surface area contributed by atoms with Gasteiger partial charge in [-0.3, -0.25) is 4.79 Å². The van der Waals surface area contributed by atoms with Gasteiger partial charge in [0.1, 0.15) is 0 Å². The van der Waals surface area contributed by atoms with E-state index in [-0.39, 0.29) is 5.78 Å². The van der Waals surface area contributed by atoms with Gasteiger partial charge in [0.15, 0.2) is 5.78 Å². The summed E-state index contributed by atoms with van der Waals surface area (Å²) in [6.07, 6.45) is 1.49. The summed E-state index contributed by atoms with van der Waals surface area (Å²) in [7, 11) is 0. The SMILES string of the molecule is Cc1cscc1C(=O)CCc1cccs1. The zero-order valence-electron chi connectivity index (χ0n) is 8.53. The van der Waals surface area contributed by atoms with Crippen molar-refractivity contribution in [3.05, 3.63) is 44.3 Å². The van der Waals surface area contributed by atoms with Crippen molar-refractivity contribution in [3.63, 3.8) is 0 Å². The number of carbonyl (C=O) groups excluding carboxylic acids is 1. The fourth-order valence-corrected chi connectivity index (χ4v) is 3.03. The van der Waals surface area contributed by atoms with E-state index in [4.69, 9.17) is 0 Å². The van der Waals surface area contributed by atoms with Crippen LogP contribution < -0.4 is 0 Å². The van der Waals surface area contributed by atoms with Crippen LogP contribution in [-0.4, -0.2) is 5.78 Å². The minimum atomic E-state index is 0.266. The maximum Gasteiger partial charge on any atom is 0.164 e. The van der Waals surface area contributed by atoms with Crippen LogP contribution in [0.25, 0.3) is 0 Å². The van der Waals surface area contributed by atoms with Crippen LogP contribution in [0.15, 0.2) is 28.3 Å². The molecule has 2 aromatic rings. The van der Waals surface area contributed by atoms with Crippen LogP contribution in [0.1, 0.15) is 27.2 Å². The maximum atomic E-state index is 11.8. The Balaban J connectivity index is 1.96. The van der Waals surface area contributed by atoms with Crippen molar-refractivity contribution in [3.8, 4) is 0 Å². The molecule has 2 rings (SSSR count). The number of carbonyl (C=O) groups is 1. The molecule has 0 bridgehead atoms. The molecule has 78 valence electrons. The molecular weight excluding hydrogens is 224 g/mol. The van der Waals surface area contributed by atoms with Gasteiger partial charge < -0.3 is 0 Å². The number of hydrogen-bond acceptors (Lipinski definition) is 3. The van der Waals surface area contributed by atoms with E-state index in [9.17, 15) is 4.79 Å². The highest BCUT2D eigenvalue weighted by molar-refractivity contribution is 7.10. The van der Waals surface area contributed by atoms with E-state index >= 15 is 0 Å². The van der Waals surface area contributed by atoms with Crippen LogP contribution in [0.5, 0.6) is 0 Å². The largest absolute Gasteiger partial charge is 0.294 e. The average Bonchev–Trinajstić information content (AvgIpc) is 2.84. The molecule has 2 heterocycles. The fraction of sp³-hybridized carbons (Fsp3) is 0.250. The van der Waals surface area contributed by atoms with Crippen LogP contribution >= 0.6 is 22.7 Å². The summed E-state index contributed by atoms with van der Waals surface area (Å²) >= 11 is 3.32. The quantitative estimate of drug-likeness (QED) is 0.735. The zero-order chi connectivity index (χ0) is 10.7. The van der Waals surface area contributed by atoms with Crippen molar-refractivity contribution in [1.82, 2.24) is 0 Å². The van der Waals surface area contributed by atoms with Crippen molar-refractivity contribution < 1.29 is 4.79 Å². The van der Waals surface area contributed by atoms with Crippen molar-refractivity contribution in [2.24, 2.45) is 0 Å². The highest BCUT2D eigenvalue weighted by Crippen LogP contribution is 2.18. The standard InChI is InChI=1S/C12H12OS2/c1-9-7-14-8-11(9)12(13)5-4-10-3-2-6-15-10/h2-3,6-8H,4-5H2,1H3. The van der Waals surface area contributed by atoms with E-state index in [1.54, 1.807) is 22.7 Å². The molecule has 0 N–H and O–H groups in total. The molecule has 0 saturated heterocycles. The first kappa shape index (κ1) is 10.6. The molecule has 0 spiro atoms. The Morgan fingerprint density at radius 3 is 2.87 bits per heavy atom. The van der Waals surface area contributed by atoms with Gasteiger partial charge in [-0.25, -0.2) is 0 Å². The van der Waals surface area contributed by atoms with Crippen molar-refractivity contribution >= 4 is 28.5 Å². The second-order valence-corrected chi connectivity index (χ2v) is 5.25. The molecule has 0 amide bonds. The van der Waals surface area contributed by atoms with Gasteiger partial charge in [-0.1, -0.05) is 6.07 Å². The molecule has 0 unspecified atom stereocenters. The number of Topliss-reactive ketones (excluding diaryl/α,β-unsaturated/α-hetero) is 1. The van der Waals surface area contributed by atoms with Gasteiger partial charge in [-0.15, -0.1) is 11.3 Å². The predicted molar refractivity (Wildman–Crippen MR) is 66.0 cm³/mol. The third kappa shape index (κ3) is 2.55. The summed E-state index contributed by atoms with van der Waals surface area (Å²) in [6, 6.07) is 4.11. The molecule has 0 aliphatic carbocycles. The average molecular weight is 236 g/mol. The first-order chi connectivity index (χ1) is 7.27. The molecule has 0 aromatic carbocycles. The van der Waals surface area contributed by atoms with Gasteiger partial charge in [-0.2, -0.15) is 11.3 Å². The molecule has 0 fully saturated rings. The van der Waals surface area contributed by atoms with Crippen LogP contribution in [0.2, 0.25) is 0 Å². The van der Waals surface area contributed by atoms with Crippen molar-refractivity contribution in [2.45, 2.75) is 19.8 Å². The van der Waals surface area contributed by atoms with Gasteiger partial charge in [0, 0.05) is 22.2 Å². The van der Waals surface area contributed by atoms with E-state index in [1.165, 1.54) is 4.88 Å². The maximum absolute atomic E-state index is 11.8. The molecule has 0 saturated carbocycles. The first-order valence-electron chi connectivity index (χ1n) is 4.86. The van der Waals surface area contributed by atoms with E-state index < -0.39 is 0 Å². The lowest BCUT2D eigenvalue weighted by atomic mass is 10.1. The second-order valence-electron chi connectivity index (χ2n) is 3.47. The van der Waals surface area contributed by atoms with Gasteiger partial charge in [0.25, 0.3) is 0 Å². The highest BCUT2D eigenvalue weighted by Gasteiger charge is 2.09. The minimum absolute atomic E-state index is 0.266. The van der Waals surface area contributed by atoms with Crippen LogP contribution in [0, 0.1) is 6.92 Å². The van der Waals surface area contributed by atoms with E-state index in [0.717, 1.165) is 17.5 Å². The number of hydrogen-bond donors (Lipinski definition) is 0. The molecule has 1 nitrogen and oxygen atoms in total. The Labute approximate surface area is 97.4 Å². The smallest absolute Gasteiger partial charge is 0.164 e. The molecule has 2 aromatic heterocycles. The third-order valence-electron chi connectivity index (χ3n) is 2.33. The molecular formula is C12H12OS2. The minimum Gasteiger partial charge on any atom is -0.294 e. The van der Waals surface area contributed by atoms with Gasteiger partial charge >= 0.3 is 0 Å². The molecule has 0 aliphatic rings. The van der Waals surface area contributed by atoms with Gasteiger partial charge in [0.05, 0.1) is 0 Å². The van der Waals surface area contributed by atoms with Crippen LogP contribution in [0.3, 0.4) is 0 Å². The Kier molecular flexibility index (Phi) is 3.34. The molecule has 0 atom stereocenters. The number of ketones is 1. The molecule has 15 heavy (non-hydrogen) atoms. The van der Waals surface area contributed by atoms with Crippen LogP contribution in [0.4, 0.5) is 0 Å². The lowest BCUT2D eigenvalue weighted by molar-refractivity contribution is 0.0983. The number of rotatable bonds is 4. The summed E-state index contributed by atoms with van der Waals surface area (Å²) in [5.41, 5.74) is 2.01. The number of aryl methyl sites for hydroxylation is 2. The molecule has 3 heteroatoms. The lowest BCUT2D eigenvalue weighted by Gasteiger charge is -1.98. The zero-order valence-corrected chi connectivity index (χ0v) is 10.2. The first-order valence-corrected chi connectivity index (χ1v) is 6.68. The Morgan fingerprint density at radius 2 is 2.27 bits per heavy atom. The monoisotopic (exact) mass is 236 g/mol. The normalized spacial score (nSPS) is 10.5. The third-order valence-corrected chi connectivity index (χ3v) is 4.13. The van der Waals surface area contributed by atoms with Gasteiger partial charge in [0.2, 0.25) is 0 Å². The van der Waals surface area contributed by atoms with Crippen molar-refractivity contribution in [1.29, 1.82) is 0 Å². The number of thiophene rings is 2. The summed E-state index contributed by atoms with van der Waals surface area (Å²) in [4.78, 5) is 13.1. The predicted octanol–water partition coefficient (Wildman–Crippen LogP) is 3.93. The van der Waals surface area contributed by atoms with Crippen molar-refractivity contribution in [2.75, 3.05) is 0 Å². The summed E-state index contributed by atoms with van der Waals surface area (Å²) < 4.78 is 0. The van der Waals surface area contributed by atoms with Gasteiger partial charge in [-0.05, 0) is 35.7 Å². The fourth-order valence-electron chi connectivity index (χ4n) is 1.47. The van der Waals surface area contributed by atoms with E-state index in [1.807, 2.05) is 23.8 Å². The Bertz CT molecular complexity index is 440. The Morgan fingerprint density at radius 1 is 1.40 bits per heavy atom. The summed E-state index contributed by atoms with van der Waals surface area (Å²) in [6.45, 7) is 1.99. The highest BCUT2D eigenvalue weighted by atomic mass is 32.1. The molecule has 0 radical (unpaired) electrons. The second kappa shape index (κ2) is 4.73. The van der Waals surface area contributed by atoms with E-state index in [2.05, 4.69) is 11.4 Å². The molecule has 0 aliphatic heterocycles. The lowest BCUT2D eigenvalue weighted by Crippen LogP contribution is -2.00. The summed E-state index contributed by atoms with van der Waals surface area (Å²) in [5.74, 6) is 0.266. The van der Waals surface area contributed by atoms with Crippen LogP contribution in [-0.2, 0) is 6.42 Å². The van der Waals surface area contributed by atoms with E-state index in [0.29, 0.717) is 6.42 Å².